The van der Waals surface area contributed by atoms with Gasteiger partial charge in [0, 0.05) is 11.8 Å². The second-order valence-electron chi connectivity index (χ2n) is 2.63. The summed E-state index contributed by atoms with van der Waals surface area (Å²) in [5.74, 6) is -0.372. The predicted octanol–water partition coefficient (Wildman–Crippen LogP) is 2.28. The molecule has 2 heterocycles. The van der Waals surface area contributed by atoms with Crippen LogP contribution >= 0.6 is 22.6 Å². The monoisotopic (exact) mass is 301 g/mol. The van der Waals surface area contributed by atoms with E-state index in [4.69, 9.17) is 0 Å². The van der Waals surface area contributed by atoms with Crippen molar-refractivity contribution in [3.05, 3.63) is 40.1 Å². The van der Waals surface area contributed by atoms with Crippen LogP contribution in [0.15, 0.2) is 30.6 Å². The first-order valence-electron chi connectivity index (χ1n) is 3.86. The van der Waals surface area contributed by atoms with Crippen LogP contribution in [-0.4, -0.2) is 15.2 Å². The summed E-state index contributed by atoms with van der Waals surface area (Å²) in [4.78, 5) is 3.74. The van der Waals surface area contributed by atoms with E-state index in [1.807, 2.05) is 6.07 Å². The zero-order valence-electron chi connectivity index (χ0n) is 6.98. The Bertz CT molecular complexity index is 444. The molecule has 0 aliphatic heterocycles. The summed E-state index contributed by atoms with van der Waals surface area (Å²) < 4.78 is 13.6. The van der Waals surface area contributed by atoms with Crippen molar-refractivity contribution in [2.75, 3.05) is 0 Å². The normalized spacial score (nSPS) is 10.1. The van der Waals surface area contributed by atoms with Gasteiger partial charge in [0.2, 0.25) is 0 Å². The maximum absolute atomic E-state index is 12.8. The van der Waals surface area contributed by atoms with Gasteiger partial charge in [0.05, 0.1) is 11.9 Å². The van der Waals surface area contributed by atoms with Crippen molar-refractivity contribution < 1.29 is 4.39 Å². The fourth-order valence-electron chi connectivity index (χ4n) is 1.02. The van der Waals surface area contributed by atoms with Crippen LogP contribution in [0.2, 0.25) is 0 Å². The lowest BCUT2D eigenvalue weighted by Gasteiger charge is -1.98. The maximum Gasteiger partial charge on any atom is 0.142 e. The minimum absolute atomic E-state index is 0.372. The third kappa shape index (κ3) is 2.03. The molecule has 14 heavy (non-hydrogen) atoms. The molecule has 0 aliphatic carbocycles. The van der Waals surface area contributed by atoms with Gasteiger partial charge in [-0.15, -0.1) is 10.2 Å². The van der Waals surface area contributed by atoms with Gasteiger partial charge in [0.1, 0.15) is 9.52 Å². The first-order valence-corrected chi connectivity index (χ1v) is 4.94. The molecule has 2 aromatic heterocycles. The second-order valence-corrected chi connectivity index (χ2v) is 3.74. The molecule has 0 radical (unpaired) electrons. The van der Waals surface area contributed by atoms with Crippen LogP contribution in [0.1, 0.15) is 0 Å². The molecule has 0 atom stereocenters. The molecule has 0 bridgehead atoms. The highest BCUT2D eigenvalue weighted by Crippen LogP contribution is 2.15. The minimum Gasteiger partial charge on any atom is -0.261 e. The first kappa shape index (κ1) is 9.45. The molecule has 0 aromatic carbocycles. The summed E-state index contributed by atoms with van der Waals surface area (Å²) in [5.41, 5.74) is 1.26. The molecule has 0 unspecified atom stereocenters. The number of nitrogens with zero attached hydrogens (tertiary/aromatic N) is 3. The van der Waals surface area contributed by atoms with Crippen LogP contribution in [0.5, 0.6) is 0 Å². The topological polar surface area (TPSA) is 38.7 Å². The van der Waals surface area contributed by atoms with E-state index in [1.165, 1.54) is 6.07 Å². The number of aromatic nitrogens is 3. The fourth-order valence-corrected chi connectivity index (χ4v) is 1.31. The van der Waals surface area contributed by atoms with Crippen LogP contribution in [0.25, 0.3) is 11.3 Å². The Morgan fingerprint density at radius 2 is 2.00 bits per heavy atom. The summed E-state index contributed by atoms with van der Waals surface area (Å²) in [6.07, 6.45) is 2.71. The van der Waals surface area contributed by atoms with E-state index in [2.05, 4.69) is 37.8 Å². The predicted molar refractivity (Wildman–Crippen MR) is 57.9 cm³/mol. The lowest BCUT2D eigenvalue weighted by atomic mass is 10.2. The van der Waals surface area contributed by atoms with E-state index in [-0.39, 0.29) is 5.82 Å². The van der Waals surface area contributed by atoms with Crippen molar-refractivity contribution in [3.63, 3.8) is 0 Å². The van der Waals surface area contributed by atoms with Gasteiger partial charge >= 0.3 is 0 Å². The van der Waals surface area contributed by atoms with Crippen LogP contribution in [0, 0.1) is 9.52 Å². The molecule has 0 fully saturated rings. The van der Waals surface area contributed by atoms with Crippen molar-refractivity contribution >= 4 is 22.6 Å². The molecule has 0 N–H and O–H groups in total. The third-order valence-corrected chi connectivity index (χ3v) is 2.21. The molecule has 0 spiro atoms. The Morgan fingerprint density at radius 1 is 1.14 bits per heavy atom. The summed E-state index contributed by atoms with van der Waals surface area (Å²) in [6.45, 7) is 0. The zero-order chi connectivity index (χ0) is 9.97. The lowest BCUT2D eigenvalue weighted by Crippen LogP contribution is -1.90. The number of halogens is 2. The van der Waals surface area contributed by atoms with Crippen molar-refractivity contribution in [1.82, 2.24) is 15.2 Å². The van der Waals surface area contributed by atoms with E-state index >= 15 is 0 Å². The Morgan fingerprint density at radius 3 is 2.64 bits per heavy atom. The SMILES string of the molecule is Fc1cncc(-c2ccc(I)nn2)c1. The van der Waals surface area contributed by atoms with Crippen molar-refractivity contribution in [3.8, 4) is 11.3 Å². The summed E-state index contributed by atoms with van der Waals surface area (Å²) in [5, 5.41) is 7.80. The molecule has 3 nitrogen and oxygen atoms in total. The smallest absolute Gasteiger partial charge is 0.142 e. The first-order chi connectivity index (χ1) is 6.75. The van der Waals surface area contributed by atoms with E-state index in [0.29, 0.717) is 11.3 Å². The Labute approximate surface area is 93.5 Å². The largest absolute Gasteiger partial charge is 0.261 e. The van der Waals surface area contributed by atoms with Crippen LogP contribution in [-0.2, 0) is 0 Å². The molecule has 2 aromatic rings. The second kappa shape index (κ2) is 3.95. The van der Waals surface area contributed by atoms with Gasteiger partial charge in [0.15, 0.2) is 0 Å². The van der Waals surface area contributed by atoms with Gasteiger partial charge in [-0.1, -0.05) is 0 Å². The van der Waals surface area contributed by atoms with Gasteiger partial charge in [-0.05, 0) is 40.8 Å². The zero-order valence-corrected chi connectivity index (χ0v) is 9.14. The number of hydrogen-bond donors (Lipinski definition) is 0. The minimum atomic E-state index is -0.372. The van der Waals surface area contributed by atoms with Crippen molar-refractivity contribution in [2.24, 2.45) is 0 Å². The average molecular weight is 301 g/mol. The van der Waals surface area contributed by atoms with E-state index < -0.39 is 0 Å². The summed E-state index contributed by atoms with van der Waals surface area (Å²) in [6, 6.07) is 4.98. The highest BCUT2D eigenvalue weighted by atomic mass is 127. The molecule has 70 valence electrons. The Hall–Kier alpha value is -1.11. The van der Waals surface area contributed by atoms with Gasteiger partial charge in [0.25, 0.3) is 0 Å². The molecule has 0 amide bonds. The number of rotatable bonds is 1. The van der Waals surface area contributed by atoms with Gasteiger partial charge in [-0.3, -0.25) is 4.98 Å². The van der Waals surface area contributed by atoms with Gasteiger partial charge in [-0.25, -0.2) is 4.39 Å². The Kier molecular flexibility index (Phi) is 2.67. The third-order valence-electron chi connectivity index (χ3n) is 1.63. The maximum atomic E-state index is 12.8. The van der Waals surface area contributed by atoms with Gasteiger partial charge < -0.3 is 0 Å². The van der Waals surface area contributed by atoms with Crippen LogP contribution < -0.4 is 0 Å². The summed E-state index contributed by atoms with van der Waals surface area (Å²) >= 11 is 2.06. The lowest BCUT2D eigenvalue weighted by molar-refractivity contribution is 0.622. The molecule has 2 rings (SSSR count). The van der Waals surface area contributed by atoms with Crippen LogP contribution in [0.3, 0.4) is 0 Å². The average Bonchev–Trinajstić information content (AvgIpc) is 2.19. The summed E-state index contributed by atoms with van der Waals surface area (Å²) in [7, 11) is 0. The van der Waals surface area contributed by atoms with Crippen molar-refractivity contribution in [2.45, 2.75) is 0 Å². The molecular weight excluding hydrogens is 296 g/mol. The van der Waals surface area contributed by atoms with E-state index in [0.717, 1.165) is 9.90 Å². The highest BCUT2D eigenvalue weighted by Gasteiger charge is 2.01. The van der Waals surface area contributed by atoms with Crippen molar-refractivity contribution in [1.29, 1.82) is 0 Å². The quantitative estimate of drug-likeness (QED) is 0.759. The fraction of sp³-hybridized carbons (Fsp3) is 0. The highest BCUT2D eigenvalue weighted by molar-refractivity contribution is 14.1. The van der Waals surface area contributed by atoms with E-state index in [9.17, 15) is 4.39 Å². The number of pyridine rings is 1. The van der Waals surface area contributed by atoms with Gasteiger partial charge in [-0.2, -0.15) is 0 Å². The molecular formula is C9H5FIN3. The van der Waals surface area contributed by atoms with E-state index in [1.54, 1.807) is 12.3 Å². The standard InChI is InChI=1S/C9H5FIN3/c10-7-3-6(4-12-5-7)8-1-2-9(11)14-13-8/h1-5H. The van der Waals surface area contributed by atoms with Crippen LogP contribution in [0.4, 0.5) is 4.39 Å². The molecule has 0 saturated heterocycles. The molecule has 5 heteroatoms. The number of hydrogen-bond acceptors (Lipinski definition) is 3. The molecule has 0 saturated carbocycles. The Balaban J connectivity index is 2.44. The molecule has 0 aliphatic rings.